The lowest BCUT2D eigenvalue weighted by Crippen LogP contribution is -2.11. The van der Waals surface area contributed by atoms with E-state index in [2.05, 4.69) is 0 Å². The van der Waals surface area contributed by atoms with Gasteiger partial charge in [-0.15, -0.1) is 0 Å². The summed E-state index contributed by atoms with van der Waals surface area (Å²) in [4.78, 5) is 11.3. The lowest BCUT2D eigenvalue weighted by molar-refractivity contribution is -0.138. The van der Waals surface area contributed by atoms with Gasteiger partial charge in [-0.1, -0.05) is 49.4 Å². The van der Waals surface area contributed by atoms with Crippen LogP contribution in [0.25, 0.3) is 11.1 Å². The SMILES string of the molecule is CCC(C(=O)O)c1ccccc1-c1ccccc1F. The monoisotopic (exact) mass is 258 g/mol. The maximum atomic E-state index is 13.9. The Bertz CT molecular complexity index is 593. The molecule has 2 aromatic carbocycles. The van der Waals surface area contributed by atoms with Crippen molar-refractivity contribution in [1.29, 1.82) is 0 Å². The molecule has 2 nitrogen and oxygen atoms in total. The van der Waals surface area contributed by atoms with Crippen molar-refractivity contribution in [2.24, 2.45) is 0 Å². The molecule has 0 aliphatic carbocycles. The van der Waals surface area contributed by atoms with Crippen LogP contribution in [0.4, 0.5) is 4.39 Å². The number of hydrogen-bond acceptors (Lipinski definition) is 1. The first kappa shape index (κ1) is 13.3. The second-order valence-corrected chi connectivity index (χ2v) is 4.37. The van der Waals surface area contributed by atoms with Crippen LogP contribution >= 0.6 is 0 Å². The molecule has 0 bridgehead atoms. The second kappa shape index (κ2) is 5.65. The van der Waals surface area contributed by atoms with E-state index in [-0.39, 0.29) is 5.82 Å². The highest BCUT2D eigenvalue weighted by Crippen LogP contribution is 2.32. The summed E-state index contributed by atoms with van der Waals surface area (Å²) in [5, 5.41) is 9.27. The highest BCUT2D eigenvalue weighted by atomic mass is 19.1. The number of aliphatic carboxylic acids is 1. The molecule has 98 valence electrons. The third-order valence-electron chi connectivity index (χ3n) is 3.21. The van der Waals surface area contributed by atoms with Gasteiger partial charge in [-0.2, -0.15) is 0 Å². The van der Waals surface area contributed by atoms with E-state index in [0.29, 0.717) is 23.1 Å². The molecule has 0 saturated heterocycles. The lowest BCUT2D eigenvalue weighted by atomic mass is 9.89. The number of hydrogen-bond donors (Lipinski definition) is 1. The Morgan fingerprint density at radius 2 is 1.68 bits per heavy atom. The van der Waals surface area contributed by atoms with E-state index in [1.165, 1.54) is 6.07 Å². The summed E-state index contributed by atoms with van der Waals surface area (Å²) in [5.41, 5.74) is 1.75. The summed E-state index contributed by atoms with van der Waals surface area (Å²) in [5.74, 6) is -1.84. The van der Waals surface area contributed by atoms with Gasteiger partial charge in [0.2, 0.25) is 0 Å². The van der Waals surface area contributed by atoms with Crippen molar-refractivity contribution in [1.82, 2.24) is 0 Å². The first-order chi connectivity index (χ1) is 9.15. The average molecular weight is 258 g/mol. The van der Waals surface area contributed by atoms with E-state index >= 15 is 0 Å². The Labute approximate surface area is 111 Å². The molecule has 0 fully saturated rings. The van der Waals surface area contributed by atoms with Crippen LogP contribution in [0.3, 0.4) is 0 Å². The van der Waals surface area contributed by atoms with Crippen molar-refractivity contribution in [3.05, 3.63) is 59.9 Å². The van der Waals surface area contributed by atoms with Crippen LogP contribution < -0.4 is 0 Å². The molecule has 1 unspecified atom stereocenters. The fraction of sp³-hybridized carbons (Fsp3) is 0.188. The van der Waals surface area contributed by atoms with Gasteiger partial charge in [0, 0.05) is 5.56 Å². The molecule has 0 radical (unpaired) electrons. The Kier molecular flexibility index (Phi) is 3.95. The standard InChI is InChI=1S/C16H15FO2/c1-2-11(16(18)19)12-7-3-4-8-13(12)14-9-5-6-10-15(14)17/h3-11H,2H2,1H3,(H,18,19). The van der Waals surface area contributed by atoms with Crippen molar-refractivity contribution in [3.63, 3.8) is 0 Å². The number of halogens is 1. The molecule has 0 aliphatic rings. The molecule has 3 heteroatoms. The van der Waals surface area contributed by atoms with Crippen molar-refractivity contribution >= 4 is 5.97 Å². The van der Waals surface area contributed by atoms with Crippen LogP contribution in [-0.4, -0.2) is 11.1 Å². The van der Waals surface area contributed by atoms with Gasteiger partial charge in [0.25, 0.3) is 0 Å². The normalized spacial score (nSPS) is 12.1. The van der Waals surface area contributed by atoms with Crippen LogP contribution in [0.1, 0.15) is 24.8 Å². The number of carbonyl (C=O) groups is 1. The number of benzene rings is 2. The fourth-order valence-corrected chi connectivity index (χ4v) is 2.25. The van der Waals surface area contributed by atoms with Crippen LogP contribution in [0.15, 0.2) is 48.5 Å². The van der Waals surface area contributed by atoms with Gasteiger partial charge in [0.15, 0.2) is 0 Å². The summed E-state index contributed by atoms with van der Waals surface area (Å²) in [6.45, 7) is 1.82. The zero-order valence-corrected chi connectivity index (χ0v) is 10.6. The minimum atomic E-state index is -0.883. The minimum Gasteiger partial charge on any atom is -0.481 e. The minimum absolute atomic E-state index is 0.338. The van der Waals surface area contributed by atoms with Gasteiger partial charge < -0.3 is 5.11 Å². The van der Waals surface area contributed by atoms with Gasteiger partial charge in [0.1, 0.15) is 5.82 Å². The Balaban J connectivity index is 2.59. The van der Waals surface area contributed by atoms with Crippen LogP contribution in [-0.2, 0) is 4.79 Å². The number of rotatable bonds is 4. The summed E-state index contributed by atoms with van der Waals surface area (Å²) in [6.07, 6.45) is 0.473. The van der Waals surface area contributed by atoms with Crippen molar-refractivity contribution < 1.29 is 14.3 Å². The maximum Gasteiger partial charge on any atom is 0.310 e. The first-order valence-corrected chi connectivity index (χ1v) is 6.21. The van der Waals surface area contributed by atoms with Gasteiger partial charge in [-0.3, -0.25) is 4.79 Å². The topological polar surface area (TPSA) is 37.3 Å². The van der Waals surface area contributed by atoms with E-state index in [1.807, 2.05) is 6.92 Å². The maximum absolute atomic E-state index is 13.9. The smallest absolute Gasteiger partial charge is 0.310 e. The van der Waals surface area contributed by atoms with Crippen molar-refractivity contribution in [2.45, 2.75) is 19.3 Å². The van der Waals surface area contributed by atoms with E-state index in [1.54, 1.807) is 42.5 Å². The molecule has 0 aromatic heterocycles. The van der Waals surface area contributed by atoms with Gasteiger partial charge >= 0.3 is 5.97 Å². The highest BCUT2D eigenvalue weighted by Gasteiger charge is 2.21. The molecule has 19 heavy (non-hydrogen) atoms. The molecule has 2 aromatic rings. The molecule has 0 heterocycles. The summed E-state index contributed by atoms with van der Waals surface area (Å²) < 4.78 is 13.9. The largest absolute Gasteiger partial charge is 0.481 e. The van der Waals surface area contributed by atoms with Gasteiger partial charge in [-0.25, -0.2) is 4.39 Å². The average Bonchev–Trinajstić information content (AvgIpc) is 2.40. The van der Waals surface area contributed by atoms with E-state index in [4.69, 9.17) is 0 Å². The summed E-state index contributed by atoms with van der Waals surface area (Å²) in [7, 11) is 0. The third kappa shape index (κ3) is 2.65. The van der Waals surface area contributed by atoms with Crippen LogP contribution in [0.2, 0.25) is 0 Å². The van der Waals surface area contributed by atoms with E-state index in [0.717, 1.165) is 0 Å². The number of carboxylic acids is 1. The predicted molar refractivity (Wildman–Crippen MR) is 72.5 cm³/mol. The van der Waals surface area contributed by atoms with Gasteiger partial charge in [0.05, 0.1) is 5.92 Å². The first-order valence-electron chi connectivity index (χ1n) is 6.21. The van der Waals surface area contributed by atoms with Crippen LogP contribution in [0, 0.1) is 5.82 Å². The molecule has 1 atom stereocenters. The Hall–Kier alpha value is -2.16. The molecule has 0 saturated carbocycles. The number of carboxylic acid groups (broad SMARTS) is 1. The van der Waals surface area contributed by atoms with Crippen LogP contribution in [0.5, 0.6) is 0 Å². The summed E-state index contributed by atoms with van der Waals surface area (Å²) in [6, 6.07) is 13.5. The Morgan fingerprint density at radius 3 is 2.26 bits per heavy atom. The molecular formula is C16H15FO2. The second-order valence-electron chi connectivity index (χ2n) is 4.37. The third-order valence-corrected chi connectivity index (χ3v) is 3.21. The molecule has 0 spiro atoms. The van der Waals surface area contributed by atoms with Crippen molar-refractivity contribution in [3.8, 4) is 11.1 Å². The Morgan fingerprint density at radius 1 is 1.11 bits per heavy atom. The zero-order chi connectivity index (χ0) is 13.8. The molecule has 0 aliphatic heterocycles. The fourth-order valence-electron chi connectivity index (χ4n) is 2.25. The van der Waals surface area contributed by atoms with Gasteiger partial charge in [-0.05, 0) is 23.6 Å². The summed E-state index contributed by atoms with van der Waals surface area (Å²) >= 11 is 0. The van der Waals surface area contributed by atoms with Crippen molar-refractivity contribution in [2.75, 3.05) is 0 Å². The molecular weight excluding hydrogens is 243 g/mol. The van der Waals surface area contributed by atoms with E-state index in [9.17, 15) is 14.3 Å². The molecule has 0 amide bonds. The predicted octanol–water partition coefficient (Wildman–Crippen LogP) is 4.07. The quantitative estimate of drug-likeness (QED) is 0.897. The molecule has 2 rings (SSSR count). The highest BCUT2D eigenvalue weighted by molar-refractivity contribution is 5.81. The molecule has 1 N–H and O–H groups in total. The lowest BCUT2D eigenvalue weighted by Gasteiger charge is -2.15. The zero-order valence-electron chi connectivity index (χ0n) is 10.6. The van der Waals surface area contributed by atoms with E-state index < -0.39 is 11.9 Å².